The van der Waals surface area contributed by atoms with Crippen LogP contribution in [-0.4, -0.2) is 37.2 Å². The minimum atomic E-state index is -0.0484. The summed E-state index contributed by atoms with van der Waals surface area (Å²) in [6, 6.07) is 7.57. The van der Waals surface area contributed by atoms with Gasteiger partial charge in [0.05, 0.1) is 24.5 Å². The Hall–Kier alpha value is -2.38. The average molecular weight is 394 g/mol. The number of aryl methyl sites for hydroxylation is 2. The molecule has 0 radical (unpaired) electrons. The maximum atomic E-state index is 12.4. The second-order valence-corrected chi connectivity index (χ2v) is 8.75. The van der Waals surface area contributed by atoms with Crippen molar-refractivity contribution in [3.05, 3.63) is 62.6 Å². The number of likely N-dealkylation sites (tertiary alicyclic amines) is 1. The molecule has 5 rings (SSSR count). The van der Waals surface area contributed by atoms with Crippen molar-refractivity contribution < 1.29 is 0 Å². The molecule has 28 heavy (non-hydrogen) atoms. The second-order valence-electron chi connectivity index (χ2n) is 7.58. The number of nitrogens with zero attached hydrogens (tertiary/aromatic N) is 5. The van der Waals surface area contributed by atoms with Crippen LogP contribution >= 0.6 is 11.3 Å². The van der Waals surface area contributed by atoms with Gasteiger partial charge in [0.2, 0.25) is 0 Å². The van der Waals surface area contributed by atoms with E-state index in [4.69, 9.17) is 4.98 Å². The van der Waals surface area contributed by atoms with Crippen LogP contribution in [0.4, 0.5) is 0 Å². The van der Waals surface area contributed by atoms with Crippen molar-refractivity contribution >= 4 is 11.3 Å². The highest BCUT2D eigenvalue weighted by molar-refractivity contribution is 7.11. The molecule has 0 spiro atoms. The van der Waals surface area contributed by atoms with Crippen molar-refractivity contribution in [1.29, 1.82) is 0 Å². The lowest BCUT2D eigenvalue weighted by molar-refractivity contribution is 0.216. The Labute approximate surface area is 167 Å². The number of rotatable bonds is 5. The molecule has 0 saturated carbocycles. The summed E-state index contributed by atoms with van der Waals surface area (Å²) in [6.45, 7) is 2.57. The molecule has 2 aliphatic rings. The first-order valence-corrected chi connectivity index (χ1v) is 10.8. The number of thiazole rings is 1. The van der Waals surface area contributed by atoms with Crippen LogP contribution in [0, 0.1) is 0 Å². The standard InChI is InChI=1S/C21H23N5OS/c27-21-9-8-17(15-4-2-10-22-12-15)24-26(21)13-16-5-3-11-25(16)14-20-23-18-6-1-7-19(18)28-20/h2,4,8-10,12,16H,1,3,5-7,11,13-14H2. The summed E-state index contributed by atoms with van der Waals surface area (Å²) in [4.78, 5) is 25.4. The molecule has 0 bridgehead atoms. The summed E-state index contributed by atoms with van der Waals surface area (Å²) < 4.78 is 1.62. The van der Waals surface area contributed by atoms with Crippen molar-refractivity contribution in [2.24, 2.45) is 0 Å². The number of aromatic nitrogens is 4. The molecule has 1 atom stereocenters. The van der Waals surface area contributed by atoms with Crippen LogP contribution in [0.1, 0.15) is 34.8 Å². The molecule has 1 saturated heterocycles. The van der Waals surface area contributed by atoms with Gasteiger partial charge in [0, 0.05) is 34.9 Å². The van der Waals surface area contributed by atoms with Crippen LogP contribution in [0.15, 0.2) is 41.5 Å². The highest BCUT2D eigenvalue weighted by Gasteiger charge is 2.27. The topological polar surface area (TPSA) is 63.9 Å². The van der Waals surface area contributed by atoms with E-state index >= 15 is 0 Å². The summed E-state index contributed by atoms with van der Waals surface area (Å²) in [5, 5.41) is 5.84. The highest BCUT2D eigenvalue weighted by atomic mass is 32.1. The lowest BCUT2D eigenvalue weighted by Crippen LogP contribution is -2.36. The molecule has 3 aromatic rings. The fraction of sp³-hybridized carbons (Fsp3) is 0.429. The van der Waals surface area contributed by atoms with E-state index < -0.39 is 0 Å². The molecular weight excluding hydrogens is 370 g/mol. The van der Waals surface area contributed by atoms with Gasteiger partial charge in [-0.3, -0.25) is 14.7 Å². The second kappa shape index (κ2) is 7.56. The third-order valence-corrected chi connectivity index (χ3v) is 6.83. The van der Waals surface area contributed by atoms with Crippen molar-refractivity contribution in [3.63, 3.8) is 0 Å². The summed E-state index contributed by atoms with van der Waals surface area (Å²) >= 11 is 1.88. The monoisotopic (exact) mass is 393 g/mol. The van der Waals surface area contributed by atoms with Gasteiger partial charge in [-0.05, 0) is 56.8 Å². The zero-order valence-corrected chi connectivity index (χ0v) is 16.6. The molecular formula is C21H23N5OS. The zero-order valence-electron chi connectivity index (χ0n) is 15.8. The lowest BCUT2D eigenvalue weighted by Gasteiger charge is -2.23. The van der Waals surface area contributed by atoms with Gasteiger partial charge in [-0.2, -0.15) is 5.10 Å². The molecule has 0 aromatic carbocycles. The smallest absolute Gasteiger partial charge is 0.266 e. The number of hydrogen-bond acceptors (Lipinski definition) is 6. The van der Waals surface area contributed by atoms with Crippen molar-refractivity contribution in [2.75, 3.05) is 6.54 Å². The molecule has 0 amide bonds. The van der Waals surface area contributed by atoms with Crippen molar-refractivity contribution in [1.82, 2.24) is 24.6 Å². The fourth-order valence-corrected chi connectivity index (χ4v) is 5.43. The van der Waals surface area contributed by atoms with E-state index in [0.29, 0.717) is 12.6 Å². The van der Waals surface area contributed by atoms with Crippen LogP contribution in [0.5, 0.6) is 0 Å². The van der Waals surface area contributed by atoms with Gasteiger partial charge in [0.15, 0.2) is 0 Å². The van der Waals surface area contributed by atoms with E-state index in [1.165, 1.54) is 28.4 Å². The van der Waals surface area contributed by atoms with E-state index in [1.807, 2.05) is 23.5 Å². The van der Waals surface area contributed by atoms with Crippen molar-refractivity contribution in [3.8, 4) is 11.3 Å². The molecule has 1 unspecified atom stereocenters. The van der Waals surface area contributed by atoms with Crippen LogP contribution in [-0.2, 0) is 25.9 Å². The maximum Gasteiger partial charge on any atom is 0.266 e. The minimum absolute atomic E-state index is 0.0484. The first kappa shape index (κ1) is 17.7. The van der Waals surface area contributed by atoms with Crippen LogP contribution in [0.25, 0.3) is 11.3 Å². The molecule has 6 nitrogen and oxygen atoms in total. The lowest BCUT2D eigenvalue weighted by atomic mass is 10.2. The van der Waals surface area contributed by atoms with E-state index in [2.05, 4.69) is 15.0 Å². The van der Waals surface area contributed by atoms with Crippen LogP contribution < -0.4 is 5.56 Å². The third-order valence-electron chi connectivity index (χ3n) is 5.68. The Morgan fingerprint density at radius 2 is 2.14 bits per heavy atom. The van der Waals surface area contributed by atoms with Crippen molar-refractivity contribution in [2.45, 2.75) is 51.2 Å². The molecule has 1 aliphatic heterocycles. The van der Waals surface area contributed by atoms with Gasteiger partial charge < -0.3 is 0 Å². The van der Waals surface area contributed by atoms with Gasteiger partial charge in [-0.15, -0.1) is 11.3 Å². The predicted molar refractivity (Wildman–Crippen MR) is 109 cm³/mol. The summed E-state index contributed by atoms with van der Waals surface area (Å²) in [5.74, 6) is 0. The maximum absolute atomic E-state index is 12.4. The Morgan fingerprint density at radius 3 is 3.00 bits per heavy atom. The molecule has 4 heterocycles. The first-order valence-electron chi connectivity index (χ1n) is 9.96. The van der Waals surface area contributed by atoms with Gasteiger partial charge in [0.1, 0.15) is 5.01 Å². The van der Waals surface area contributed by atoms with Gasteiger partial charge in [-0.25, -0.2) is 9.67 Å². The van der Waals surface area contributed by atoms with Crippen LogP contribution in [0.2, 0.25) is 0 Å². The molecule has 7 heteroatoms. The number of pyridine rings is 1. The van der Waals surface area contributed by atoms with Crippen LogP contribution in [0.3, 0.4) is 0 Å². The average Bonchev–Trinajstić information content (AvgIpc) is 3.42. The quantitative estimate of drug-likeness (QED) is 0.667. The van der Waals surface area contributed by atoms with Gasteiger partial charge in [0.25, 0.3) is 5.56 Å². The Balaban J connectivity index is 1.34. The SMILES string of the molecule is O=c1ccc(-c2cccnc2)nn1CC1CCCN1Cc1nc2c(s1)CCC2. The number of hydrogen-bond donors (Lipinski definition) is 0. The Morgan fingerprint density at radius 1 is 1.18 bits per heavy atom. The van der Waals surface area contributed by atoms with E-state index in [0.717, 1.165) is 43.6 Å². The number of fused-ring (bicyclic) bond motifs is 1. The fourth-order valence-electron chi connectivity index (χ4n) is 4.24. The molecule has 1 aliphatic carbocycles. The predicted octanol–water partition coefficient (Wildman–Crippen LogP) is 2.92. The molecule has 1 fully saturated rings. The molecule has 3 aromatic heterocycles. The Bertz CT molecular complexity index is 1010. The third kappa shape index (κ3) is 3.52. The minimum Gasteiger partial charge on any atom is -0.292 e. The molecule has 144 valence electrons. The van der Waals surface area contributed by atoms with Gasteiger partial charge >= 0.3 is 0 Å². The van der Waals surface area contributed by atoms with E-state index in [-0.39, 0.29) is 5.56 Å². The summed E-state index contributed by atoms with van der Waals surface area (Å²) in [6.07, 6.45) is 9.35. The summed E-state index contributed by atoms with van der Waals surface area (Å²) in [5.41, 5.74) is 2.98. The normalized spacial score (nSPS) is 19.2. The largest absolute Gasteiger partial charge is 0.292 e. The van der Waals surface area contributed by atoms with E-state index in [9.17, 15) is 4.79 Å². The molecule has 0 N–H and O–H groups in total. The van der Waals surface area contributed by atoms with Gasteiger partial charge in [-0.1, -0.05) is 0 Å². The highest BCUT2D eigenvalue weighted by Crippen LogP contribution is 2.30. The first-order chi connectivity index (χ1) is 13.8. The Kier molecular flexibility index (Phi) is 4.78. The summed E-state index contributed by atoms with van der Waals surface area (Å²) in [7, 11) is 0. The van der Waals surface area contributed by atoms with E-state index in [1.54, 1.807) is 29.2 Å². The zero-order chi connectivity index (χ0) is 18.9.